The van der Waals surface area contributed by atoms with Crippen LogP contribution in [0.3, 0.4) is 0 Å². The van der Waals surface area contributed by atoms with Crippen LogP contribution in [-0.2, 0) is 6.54 Å². The molecule has 0 radical (unpaired) electrons. The van der Waals surface area contributed by atoms with Crippen molar-refractivity contribution < 1.29 is 5.11 Å². The van der Waals surface area contributed by atoms with Gasteiger partial charge < -0.3 is 10.1 Å². The Morgan fingerprint density at radius 3 is 2.87 bits per heavy atom. The first-order chi connectivity index (χ1) is 11.3. The number of para-hydroxylation sites is 1. The van der Waals surface area contributed by atoms with Gasteiger partial charge in [-0.3, -0.25) is 4.90 Å². The van der Waals surface area contributed by atoms with Gasteiger partial charge in [0.25, 0.3) is 0 Å². The van der Waals surface area contributed by atoms with Crippen LogP contribution in [0.2, 0.25) is 0 Å². The van der Waals surface area contributed by atoms with Gasteiger partial charge in [0.05, 0.1) is 0 Å². The first-order valence-electron chi connectivity index (χ1n) is 8.36. The summed E-state index contributed by atoms with van der Waals surface area (Å²) < 4.78 is 0. The molecule has 0 saturated carbocycles. The van der Waals surface area contributed by atoms with Crippen molar-refractivity contribution in [2.75, 3.05) is 13.1 Å². The number of hydrogen-bond donors (Lipinski definition) is 2. The van der Waals surface area contributed by atoms with Crippen LogP contribution in [0, 0.1) is 0 Å². The molecule has 2 N–H and O–H groups in total. The molecule has 1 aromatic heterocycles. The minimum absolute atomic E-state index is 0.371. The Hall–Kier alpha value is -2.26. The lowest BCUT2D eigenvalue weighted by Gasteiger charge is -2.32. The van der Waals surface area contributed by atoms with Crippen LogP contribution in [0.25, 0.3) is 10.9 Å². The van der Waals surface area contributed by atoms with Gasteiger partial charge in [-0.25, -0.2) is 0 Å². The zero-order valence-corrected chi connectivity index (χ0v) is 13.2. The first kappa shape index (κ1) is 14.3. The molecule has 1 fully saturated rings. The summed E-state index contributed by atoms with van der Waals surface area (Å²) in [7, 11) is 0. The van der Waals surface area contributed by atoms with Gasteiger partial charge in [0, 0.05) is 24.3 Å². The minimum Gasteiger partial charge on any atom is -0.508 e. The Morgan fingerprint density at radius 1 is 1.09 bits per heavy atom. The molecular formula is C20H22N2O. The summed E-state index contributed by atoms with van der Waals surface area (Å²) in [5.41, 5.74) is 3.75. The number of aromatic nitrogens is 1. The summed E-state index contributed by atoms with van der Waals surface area (Å²) in [5, 5.41) is 11.0. The topological polar surface area (TPSA) is 39.3 Å². The summed E-state index contributed by atoms with van der Waals surface area (Å²) in [6, 6.07) is 18.4. The van der Waals surface area contributed by atoms with Crippen molar-refractivity contribution in [3.63, 3.8) is 0 Å². The van der Waals surface area contributed by atoms with Crippen LogP contribution >= 0.6 is 0 Å². The predicted octanol–water partition coefficient (Wildman–Crippen LogP) is 4.25. The van der Waals surface area contributed by atoms with Crippen molar-refractivity contribution in [3.05, 3.63) is 65.9 Å². The second-order valence-corrected chi connectivity index (χ2v) is 6.55. The van der Waals surface area contributed by atoms with Gasteiger partial charge >= 0.3 is 0 Å². The van der Waals surface area contributed by atoms with E-state index in [4.69, 9.17) is 0 Å². The maximum atomic E-state index is 9.71. The summed E-state index contributed by atoms with van der Waals surface area (Å²) in [6.45, 7) is 3.16. The molecule has 1 aliphatic heterocycles. The number of H-pyrrole nitrogens is 1. The maximum Gasteiger partial charge on any atom is 0.115 e. The number of likely N-dealkylation sites (tertiary alicyclic amines) is 1. The summed E-state index contributed by atoms with van der Waals surface area (Å²) in [6.07, 6.45) is 2.41. The summed E-state index contributed by atoms with van der Waals surface area (Å²) in [5.74, 6) is 0.885. The third-order valence-electron chi connectivity index (χ3n) is 4.83. The highest BCUT2D eigenvalue weighted by Crippen LogP contribution is 2.29. The quantitative estimate of drug-likeness (QED) is 0.759. The molecule has 2 heterocycles. The number of piperidine rings is 1. The molecule has 3 heteroatoms. The number of nitrogens with zero attached hydrogens (tertiary/aromatic N) is 1. The van der Waals surface area contributed by atoms with Gasteiger partial charge in [0.15, 0.2) is 0 Å². The highest BCUT2D eigenvalue weighted by Gasteiger charge is 2.22. The van der Waals surface area contributed by atoms with Crippen LogP contribution in [0.1, 0.15) is 30.0 Å². The zero-order chi connectivity index (χ0) is 15.6. The Labute approximate surface area is 136 Å². The Kier molecular flexibility index (Phi) is 3.80. The standard InChI is InChI=1S/C20H22N2O/c23-19-8-3-6-15(12-19)17-7-4-10-22(13-17)14-18-11-16-5-1-2-9-20(16)21-18/h1-3,5-6,8-9,11-12,17,21,23H,4,7,10,13-14H2. The van der Waals surface area contributed by atoms with E-state index in [9.17, 15) is 5.11 Å². The van der Waals surface area contributed by atoms with Crippen LogP contribution in [0.4, 0.5) is 0 Å². The van der Waals surface area contributed by atoms with E-state index in [1.165, 1.54) is 35.0 Å². The van der Waals surface area contributed by atoms with Gasteiger partial charge in [-0.05, 0) is 60.5 Å². The smallest absolute Gasteiger partial charge is 0.115 e. The van der Waals surface area contributed by atoms with E-state index in [1.807, 2.05) is 12.1 Å². The number of phenolic OH excluding ortho intramolecular Hbond substituents is 1. The number of fused-ring (bicyclic) bond motifs is 1. The molecule has 0 amide bonds. The number of aromatic amines is 1. The van der Waals surface area contributed by atoms with Crippen molar-refractivity contribution in [3.8, 4) is 5.75 Å². The molecule has 23 heavy (non-hydrogen) atoms. The Morgan fingerprint density at radius 2 is 2.00 bits per heavy atom. The van der Waals surface area contributed by atoms with E-state index < -0.39 is 0 Å². The Bertz CT molecular complexity index is 775. The first-order valence-corrected chi connectivity index (χ1v) is 8.36. The average Bonchev–Trinajstić information content (AvgIpc) is 2.97. The van der Waals surface area contributed by atoms with Crippen LogP contribution in [0.15, 0.2) is 54.6 Å². The fourth-order valence-electron chi connectivity index (χ4n) is 3.71. The van der Waals surface area contributed by atoms with E-state index in [0.717, 1.165) is 19.6 Å². The average molecular weight is 306 g/mol. The molecule has 0 spiro atoms. The second kappa shape index (κ2) is 6.09. The molecule has 0 bridgehead atoms. The monoisotopic (exact) mass is 306 g/mol. The third kappa shape index (κ3) is 3.10. The number of phenols is 1. The van der Waals surface area contributed by atoms with E-state index in [0.29, 0.717) is 11.7 Å². The van der Waals surface area contributed by atoms with Gasteiger partial charge in [-0.1, -0.05) is 30.3 Å². The van der Waals surface area contributed by atoms with Crippen LogP contribution < -0.4 is 0 Å². The highest BCUT2D eigenvalue weighted by molar-refractivity contribution is 5.80. The van der Waals surface area contributed by atoms with E-state index in [1.54, 1.807) is 6.07 Å². The number of rotatable bonds is 3. The molecule has 118 valence electrons. The normalized spacial score (nSPS) is 19.2. The van der Waals surface area contributed by atoms with Crippen molar-refractivity contribution in [1.29, 1.82) is 0 Å². The SMILES string of the molecule is Oc1cccc(C2CCCN(Cc3cc4ccccc4[nH]3)C2)c1. The lowest BCUT2D eigenvalue weighted by atomic mass is 9.90. The zero-order valence-electron chi connectivity index (χ0n) is 13.2. The number of benzene rings is 2. The van der Waals surface area contributed by atoms with E-state index >= 15 is 0 Å². The van der Waals surface area contributed by atoms with Gasteiger partial charge in [-0.2, -0.15) is 0 Å². The lowest BCUT2D eigenvalue weighted by molar-refractivity contribution is 0.198. The molecular weight excluding hydrogens is 284 g/mol. The molecule has 4 rings (SSSR count). The lowest BCUT2D eigenvalue weighted by Crippen LogP contribution is -2.33. The number of hydrogen-bond acceptors (Lipinski definition) is 2. The molecule has 1 aliphatic rings. The van der Waals surface area contributed by atoms with Gasteiger partial charge in [-0.15, -0.1) is 0 Å². The van der Waals surface area contributed by atoms with Crippen molar-refractivity contribution in [2.24, 2.45) is 0 Å². The molecule has 3 aromatic rings. The second-order valence-electron chi connectivity index (χ2n) is 6.55. The van der Waals surface area contributed by atoms with Crippen LogP contribution in [0.5, 0.6) is 5.75 Å². The number of nitrogens with one attached hydrogen (secondary N) is 1. The largest absolute Gasteiger partial charge is 0.508 e. The van der Waals surface area contributed by atoms with Crippen molar-refractivity contribution >= 4 is 10.9 Å². The summed E-state index contributed by atoms with van der Waals surface area (Å²) in [4.78, 5) is 6.04. The minimum atomic E-state index is 0.371. The Balaban J connectivity index is 1.49. The molecule has 2 aromatic carbocycles. The molecule has 1 atom stereocenters. The molecule has 1 saturated heterocycles. The van der Waals surface area contributed by atoms with E-state index in [2.05, 4.69) is 46.3 Å². The fourth-order valence-corrected chi connectivity index (χ4v) is 3.71. The fraction of sp³-hybridized carbons (Fsp3) is 0.300. The van der Waals surface area contributed by atoms with Gasteiger partial charge in [0.1, 0.15) is 5.75 Å². The summed E-state index contributed by atoms with van der Waals surface area (Å²) >= 11 is 0. The van der Waals surface area contributed by atoms with E-state index in [-0.39, 0.29) is 0 Å². The van der Waals surface area contributed by atoms with Crippen molar-refractivity contribution in [1.82, 2.24) is 9.88 Å². The van der Waals surface area contributed by atoms with Crippen LogP contribution in [-0.4, -0.2) is 28.1 Å². The number of aromatic hydroxyl groups is 1. The molecule has 0 aliphatic carbocycles. The maximum absolute atomic E-state index is 9.71. The predicted molar refractivity (Wildman–Crippen MR) is 93.7 cm³/mol. The molecule has 3 nitrogen and oxygen atoms in total. The van der Waals surface area contributed by atoms with Gasteiger partial charge in [0.2, 0.25) is 0 Å². The molecule has 1 unspecified atom stereocenters. The third-order valence-corrected chi connectivity index (χ3v) is 4.83. The highest BCUT2D eigenvalue weighted by atomic mass is 16.3. The van der Waals surface area contributed by atoms with Crippen molar-refractivity contribution in [2.45, 2.75) is 25.3 Å².